The van der Waals surface area contributed by atoms with E-state index in [-0.39, 0.29) is 5.91 Å². The number of benzene rings is 2. The molecule has 0 spiro atoms. The molecular weight excluding hydrogens is 370 g/mol. The van der Waals surface area contributed by atoms with Gasteiger partial charge in [-0.1, -0.05) is 24.3 Å². The van der Waals surface area contributed by atoms with Crippen LogP contribution in [0, 0.1) is 0 Å². The van der Waals surface area contributed by atoms with Crippen LogP contribution in [0.3, 0.4) is 0 Å². The summed E-state index contributed by atoms with van der Waals surface area (Å²) in [5.41, 5.74) is 2.87. The third kappa shape index (κ3) is 3.59. The Bertz CT molecular complexity index is 1110. The van der Waals surface area contributed by atoms with Crippen LogP contribution >= 0.6 is 11.8 Å². The molecule has 5 nitrogen and oxygen atoms in total. The molecule has 0 saturated carbocycles. The number of methoxy groups -OCH3 is 1. The summed E-state index contributed by atoms with van der Waals surface area (Å²) in [6.45, 7) is 4.54. The number of nitrogens with zero attached hydrogens (tertiary/aromatic N) is 2. The third-order valence-corrected chi connectivity index (χ3v) is 5.30. The highest BCUT2D eigenvalue weighted by Gasteiger charge is 2.24. The van der Waals surface area contributed by atoms with Gasteiger partial charge < -0.3 is 14.6 Å². The highest BCUT2D eigenvalue weighted by atomic mass is 32.2. The van der Waals surface area contributed by atoms with E-state index in [1.807, 2.05) is 54.7 Å². The predicted molar refractivity (Wildman–Crippen MR) is 116 cm³/mol. The van der Waals surface area contributed by atoms with E-state index >= 15 is 0 Å². The summed E-state index contributed by atoms with van der Waals surface area (Å²) in [5, 5.41) is 4.50. The number of thioether (sulfide) groups is 1. The first-order chi connectivity index (χ1) is 13.7. The van der Waals surface area contributed by atoms with Crippen molar-refractivity contribution in [1.29, 1.82) is 0 Å². The first-order valence-corrected chi connectivity index (χ1v) is 9.62. The molecule has 1 N–H and O–H groups in total. The van der Waals surface area contributed by atoms with Crippen LogP contribution in [0.2, 0.25) is 0 Å². The van der Waals surface area contributed by atoms with Crippen LogP contribution in [-0.2, 0) is 11.3 Å². The monoisotopic (exact) mass is 389 g/mol. The number of hydrogen-bond donors (Lipinski definition) is 1. The zero-order chi connectivity index (χ0) is 19.5. The maximum Gasteiger partial charge on any atom is 0.264 e. The van der Waals surface area contributed by atoms with Gasteiger partial charge in [-0.3, -0.25) is 4.79 Å². The highest BCUT2D eigenvalue weighted by Crippen LogP contribution is 2.31. The van der Waals surface area contributed by atoms with Crippen LogP contribution in [0.4, 0.5) is 5.69 Å². The van der Waals surface area contributed by atoms with Gasteiger partial charge in [0.25, 0.3) is 5.91 Å². The second kappa shape index (κ2) is 7.78. The molecule has 3 aromatic rings. The maximum atomic E-state index is 12.4. The Morgan fingerprint density at radius 1 is 1.21 bits per heavy atom. The van der Waals surface area contributed by atoms with Gasteiger partial charge in [0.15, 0.2) is 5.17 Å². The van der Waals surface area contributed by atoms with Gasteiger partial charge in [0.2, 0.25) is 0 Å². The van der Waals surface area contributed by atoms with Gasteiger partial charge in [0.05, 0.1) is 17.7 Å². The van der Waals surface area contributed by atoms with E-state index in [2.05, 4.69) is 33.6 Å². The molecular formula is C22H19N3O2S. The SMILES string of the molecule is C=CCn1cc(/C=C2/SC(=Nc3ccc(OC)cc3)NC2=O)c2ccccc21. The van der Waals surface area contributed by atoms with Crippen LogP contribution in [0.25, 0.3) is 17.0 Å². The van der Waals surface area contributed by atoms with Crippen molar-refractivity contribution in [2.75, 3.05) is 7.11 Å². The van der Waals surface area contributed by atoms with Crippen molar-refractivity contribution in [3.05, 3.63) is 77.9 Å². The number of hydrogen-bond acceptors (Lipinski definition) is 4. The minimum Gasteiger partial charge on any atom is -0.497 e. The Morgan fingerprint density at radius 2 is 2.00 bits per heavy atom. The lowest BCUT2D eigenvalue weighted by Gasteiger charge is -1.99. The smallest absolute Gasteiger partial charge is 0.264 e. The van der Waals surface area contributed by atoms with Gasteiger partial charge in [-0.15, -0.1) is 6.58 Å². The van der Waals surface area contributed by atoms with Crippen molar-refractivity contribution in [2.45, 2.75) is 6.54 Å². The van der Waals surface area contributed by atoms with Crippen molar-refractivity contribution in [1.82, 2.24) is 9.88 Å². The number of amidine groups is 1. The average Bonchev–Trinajstić information content (AvgIpc) is 3.23. The first kappa shape index (κ1) is 18.1. The zero-order valence-electron chi connectivity index (χ0n) is 15.4. The van der Waals surface area contributed by atoms with Gasteiger partial charge in [-0.2, -0.15) is 0 Å². The van der Waals surface area contributed by atoms with E-state index in [0.717, 1.165) is 27.9 Å². The lowest BCUT2D eigenvalue weighted by atomic mass is 10.1. The van der Waals surface area contributed by atoms with Crippen molar-refractivity contribution >= 4 is 45.5 Å². The van der Waals surface area contributed by atoms with Gasteiger partial charge in [0, 0.05) is 29.2 Å². The summed E-state index contributed by atoms with van der Waals surface area (Å²) in [5.74, 6) is 0.626. The topological polar surface area (TPSA) is 55.6 Å². The number of aliphatic imine (C=N–C) groups is 1. The zero-order valence-corrected chi connectivity index (χ0v) is 16.2. The van der Waals surface area contributed by atoms with Crippen molar-refractivity contribution in [3.63, 3.8) is 0 Å². The molecule has 0 aliphatic carbocycles. The summed E-state index contributed by atoms with van der Waals surface area (Å²) in [6, 6.07) is 15.5. The molecule has 0 bridgehead atoms. The number of carbonyl (C=O) groups is 1. The first-order valence-electron chi connectivity index (χ1n) is 8.80. The van der Waals surface area contributed by atoms with E-state index in [0.29, 0.717) is 16.6 Å². The minimum absolute atomic E-state index is 0.141. The molecule has 1 aliphatic rings. The van der Waals surface area contributed by atoms with Gasteiger partial charge in [-0.05, 0) is 48.2 Å². The second-order valence-electron chi connectivity index (χ2n) is 6.22. The van der Waals surface area contributed by atoms with Crippen LogP contribution in [0.1, 0.15) is 5.56 Å². The molecule has 0 atom stereocenters. The number of allylic oxidation sites excluding steroid dienone is 1. The molecule has 1 saturated heterocycles. The molecule has 1 aliphatic heterocycles. The molecule has 140 valence electrons. The largest absolute Gasteiger partial charge is 0.497 e. The molecule has 4 rings (SSSR count). The fourth-order valence-corrected chi connectivity index (χ4v) is 3.91. The number of aromatic nitrogens is 1. The number of amides is 1. The Balaban J connectivity index is 1.64. The van der Waals surface area contributed by atoms with Crippen LogP contribution in [0.15, 0.2) is 77.3 Å². The average molecular weight is 389 g/mol. The van der Waals surface area contributed by atoms with E-state index < -0.39 is 0 Å². The van der Waals surface area contributed by atoms with Crippen molar-refractivity contribution in [2.24, 2.45) is 4.99 Å². The van der Waals surface area contributed by atoms with Gasteiger partial charge in [-0.25, -0.2) is 4.99 Å². The fourth-order valence-electron chi connectivity index (χ4n) is 3.08. The molecule has 6 heteroatoms. The Hall–Kier alpha value is -3.25. The molecule has 0 unspecified atom stereocenters. The van der Waals surface area contributed by atoms with Crippen molar-refractivity contribution in [3.8, 4) is 5.75 Å². The number of carbonyl (C=O) groups excluding carboxylic acids is 1. The quantitative estimate of drug-likeness (QED) is 0.507. The third-order valence-electron chi connectivity index (χ3n) is 4.39. The number of ether oxygens (including phenoxy) is 1. The Morgan fingerprint density at radius 3 is 2.75 bits per heavy atom. The molecule has 2 heterocycles. The number of para-hydroxylation sites is 1. The molecule has 1 aromatic heterocycles. The van der Waals surface area contributed by atoms with E-state index in [4.69, 9.17) is 4.74 Å². The number of fused-ring (bicyclic) bond motifs is 1. The molecule has 0 radical (unpaired) electrons. The minimum atomic E-state index is -0.141. The van der Waals surface area contributed by atoms with Gasteiger partial charge in [0.1, 0.15) is 5.75 Å². The normalized spacial score (nSPS) is 16.7. The molecule has 2 aromatic carbocycles. The van der Waals surface area contributed by atoms with Gasteiger partial charge >= 0.3 is 0 Å². The summed E-state index contributed by atoms with van der Waals surface area (Å²) >= 11 is 1.34. The Kier molecular flexibility index (Phi) is 5.04. The highest BCUT2D eigenvalue weighted by molar-refractivity contribution is 8.18. The standard InChI is InChI=1S/C22H19N3O2S/c1-3-12-25-14-15(18-6-4-5-7-19(18)25)13-20-21(26)24-22(28-20)23-16-8-10-17(27-2)11-9-16/h3-11,13-14H,1,12H2,2H3,(H,23,24,26)/b20-13+. The van der Waals surface area contributed by atoms with Crippen LogP contribution < -0.4 is 10.1 Å². The Labute approximate surface area is 167 Å². The fraction of sp³-hybridized carbons (Fsp3) is 0.0909. The summed E-state index contributed by atoms with van der Waals surface area (Å²) in [6.07, 6.45) is 5.82. The van der Waals surface area contributed by atoms with E-state index in [9.17, 15) is 4.79 Å². The maximum absolute atomic E-state index is 12.4. The van der Waals surface area contributed by atoms with Crippen LogP contribution in [-0.4, -0.2) is 22.8 Å². The predicted octanol–water partition coefficient (Wildman–Crippen LogP) is 4.73. The second-order valence-corrected chi connectivity index (χ2v) is 7.25. The van der Waals surface area contributed by atoms with Crippen LogP contribution in [0.5, 0.6) is 5.75 Å². The molecule has 1 amide bonds. The van der Waals surface area contributed by atoms with E-state index in [1.54, 1.807) is 7.11 Å². The van der Waals surface area contributed by atoms with E-state index in [1.165, 1.54) is 11.8 Å². The number of nitrogens with one attached hydrogen (secondary N) is 1. The molecule has 1 fully saturated rings. The summed E-state index contributed by atoms with van der Waals surface area (Å²) in [7, 11) is 1.62. The molecule has 28 heavy (non-hydrogen) atoms. The van der Waals surface area contributed by atoms with Crippen molar-refractivity contribution < 1.29 is 9.53 Å². The lowest BCUT2D eigenvalue weighted by molar-refractivity contribution is -0.115. The number of rotatable bonds is 5. The summed E-state index contributed by atoms with van der Waals surface area (Å²) < 4.78 is 7.28. The lowest BCUT2D eigenvalue weighted by Crippen LogP contribution is -2.19. The summed E-state index contributed by atoms with van der Waals surface area (Å²) in [4.78, 5) is 17.5.